The lowest BCUT2D eigenvalue weighted by Crippen LogP contribution is -2.60. The number of ether oxygens (including phenoxy) is 2. The first-order valence-corrected chi connectivity index (χ1v) is 26.2. The fourth-order valence-electron chi connectivity index (χ4n) is 8.23. The molecule has 9 nitrogen and oxygen atoms in total. The van der Waals surface area contributed by atoms with Gasteiger partial charge in [-0.3, -0.25) is 4.79 Å². The van der Waals surface area contributed by atoms with Crippen LogP contribution in [0.1, 0.15) is 239 Å². The topological polar surface area (TPSA) is 149 Å². The van der Waals surface area contributed by atoms with Gasteiger partial charge in [-0.1, -0.05) is 211 Å². The van der Waals surface area contributed by atoms with Gasteiger partial charge in [-0.05, 0) is 57.8 Å². The minimum Gasteiger partial charge on any atom is -0.394 e. The van der Waals surface area contributed by atoms with Crippen molar-refractivity contribution in [3.05, 3.63) is 36.5 Å². The highest BCUT2D eigenvalue weighted by atomic mass is 16.7. The number of unbranched alkanes of at least 4 members (excludes halogenated alkanes) is 30. The monoisotopic (exact) mass is 878 g/mol. The zero-order chi connectivity index (χ0) is 45.1. The molecule has 1 aliphatic rings. The van der Waals surface area contributed by atoms with Gasteiger partial charge in [0.05, 0.1) is 25.4 Å². The van der Waals surface area contributed by atoms with Crippen molar-refractivity contribution in [1.29, 1.82) is 0 Å². The fourth-order valence-corrected chi connectivity index (χ4v) is 8.23. The highest BCUT2D eigenvalue weighted by Gasteiger charge is 2.44. The molecule has 0 aromatic rings. The Morgan fingerprint density at radius 2 is 0.919 bits per heavy atom. The molecular weight excluding hydrogens is 779 g/mol. The first kappa shape index (κ1) is 58.4. The van der Waals surface area contributed by atoms with Crippen molar-refractivity contribution in [2.24, 2.45) is 0 Å². The van der Waals surface area contributed by atoms with E-state index in [-0.39, 0.29) is 12.5 Å². The Labute approximate surface area is 381 Å². The van der Waals surface area contributed by atoms with Gasteiger partial charge in [0.2, 0.25) is 5.91 Å². The van der Waals surface area contributed by atoms with Crippen molar-refractivity contribution >= 4 is 5.91 Å². The Balaban J connectivity index is 2.28. The third-order valence-corrected chi connectivity index (χ3v) is 12.4. The molecule has 6 N–H and O–H groups in total. The van der Waals surface area contributed by atoms with E-state index in [0.29, 0.717) is 6.42 Å². The van der Waals surface area contributed by atoms with Gasteiger partial charge in [0, 0.05) is 6.42 Å². The molecule has 0 aromatic carbocycles. The molecule has 1 fully saturated rings. The molecule has 7 unspecified atom stereocenters. The van der Waals surface area contributed by atoms with E-state index in [1.807, 2.05) is 6.08 Å². The number of hydrogen-bond donors (Lipinski definition) is 6. The maximum atomic E-state index is 13.0. The number of amides is 1. The van der Waals surface area contributed by atoms with Crippen LogP contribution in [0.3, 0.4) is 0 Å². The Morgan fingerprint density at radius 1 is 0.532 bits per heavy atom. The second-order valence-electron chi connectivity index (χ2n) is 18.3. The number of carbonyl (C=O) groups excluding carboxylic acids is 1. The van der Waals surface area contributed by atoms with Crippen LogP contribution in [0.4, 0.5) is 0 Å². The second-order valence-corrected chi connectivity index (χ2v) is 18.3. The largest absolute Gasteiger partial charge is 0.394 e. The van der Waals surface area contributed by atoms with Crippen molar-refractivity contribution in [1.82, 2.24) is 5.32 Å². The predicted molar refractivity (Wildman–Crippen MR) is 258 cm³/mol. The summed E-state index contributed by atoms with van der Waals surface area (Å²) in [5.41, 5.74) is 0. The first-order valence-electron chi connectivity index (χ1n) is 26.2. The van der Waals surface area contributed by atoms with Crippen molar-refractivity contribution in [3.8, 4) is 0 Å². The molecule has 0 aliphatic carbocycles. The Kier molecular flexibility index (Phi) is 40.8. The first-order chi connectivity index (χ1) is 30.3. The smallest absolute Gasteiger partial charge is 0.220 e. The van der Waals surface area contributed by atoms with Crippen LogP contribution >= 0.6 is 0 Å². The minimum absolute atomic E-state index is 0.186. The third kappa shape index (κ3) is 33.0. The Bertz CT molecular complexity index is 1070. The van der Waals surface area contributed by atoms with E-state index in [1.54, 1.807) is 6.08 Å². The van der Waals surface area contributed by atoms with Gasteiger partial charge in [0.1, 0.15) is 24.4 Å². The van der Waals surface area contributed by atoms with Gasteiger partial charge in [0.15, 0.2) is 6.29 Å². The molecule has 364 valence electrons. The number of allylic oxidation sites excluding steroid dienone is 5. The fraction of sp³-hybridized carbons (Fsp3) is 0.868. The highest BCUT2D eigenvalue weighted by Crippen LogP contribution is 2.23. The Morgan fingerprint density at radius 3 is 1.35 bits per heavy atom. The summed E-state index contributed by atoms with van der Waals surface area (Å²) >= 11 is 0. The Hall–Kier alpha value is -1.59. The van der Waals surface area contributed by atoms with Crippen molar-refractivity contribution in [2.45, 2.75) is 281 Å². The van der Waals surface area contributed by atoms with Crippen LogP contribution in [-0.4, -0.2) is 87.5 Å². The van der Waals surface area contributed by atoms with Crippen LogP contribution in [-0.2, 0) is 14.3 Å². The predicted octanol–water partition coefficient (Wildman–Crippen LogP) is 12.0. The molecule has 9 heteroatoms. The molecule has 62 heavy (non-hydrogen) atoms. The van der Waals surface area contributed by atoms with Crippen LogP contribution < -0.4 is 5.32 Å². The van der Waals surface area contributed by atoms with Crippen LogP contribution in [0, 0.1) is 0 Å². The highest BCUT2D eigenvalue weighted by molar-refractivity contribution is 5.76. The summed E-state index contributed by atoms with van der Waals surface area (Å²) in [5, 5.41) is 54.3. The maximum Gasteiger partial charge on any atom is 0.220 e. The summed E-state index contributed by atoms with van der Waals surface area (Å²) in [6.45, 7) is 3.77. The third-order valence-electron chi connectivity index (χ3n) is 12.4. The molecule has 1 amide bonds. The number of aliphatic hydroxyl groups is 5. The van der Waals surface area contributed by atoms with Crippen LogP contribution in [0.5, 0.6) is 0 Å². The molecule has 1 saturated heterocycles. The molecule has 1 rings (SSSR count). The van der Waals surface area contributed by atoms with Crippen molar-refractivity contribution < 1.29 is 39.8 Å². The molecule has 1 heterocycles. The molecular formula is C53H99NO8. The number of nitrogens with one attached hydrogen (secondary N) is 1. The van der Waals surface area contributed by atoms with E-state index in [4.69, 9.17) is 9.47 Å². The normalized spacial score (nSPS) is 20.5. The van der Waals surface area contributed by atoms with Gasteiger partial charge >= 0.3 is 0 Å². The molecule has 1 aliphatic heterocycles. The lowest BCUT2D eigenvalue weighted by atomic mass is 9.99. The number of hydrogen-bond acceptors (Lipinski definition) is 8. The molecule has 0 spiro atoms. The molecule has 0 aromatic heterocycles. The van der Waals surface area contributed by atoms with Crippen LogP contribution in [0.25, 0.3) is 0 Å². The molecule has 0 bridgehead atoms. The van der Waals surface area contributed by atoms with E-state index in [2.05, 4.69) is 43.5 Å². The number of rotatable bonds is 44. The van der Waals surface area contributed by atoms with Crippen molar-refractivity contribution in [3.63, 3.8) is 0 Å². The van der Waals surface area contributed by atoms with Gasteiger partial charge in [0.25, 0.3) is 0 Å². The van der Waals surface area contributed by atoms with E-state index in [0.717, 1.165) is 38.5 Å². The maximum absolute atomic E-state index is 13.0. The minimum atomic E-state index is -1.57. The van der Waals surface area contributed by atoms with Gasteiger partial charge in [-0.2, -0.15) is 0 Å². The van der Waals surface area contributed by atoms with E-state index < -0.39 is 49.5 Å². The van der Waals surface area contributed by atoms with Crippen LogP contribution in [0.15, 0.2) is 36.5 Å². The summed E-state index contributed by atoms with van der Waals surface area (Å²) in [5.74, 6) is -0.186. The summed E-state index contributed by atoms with van der Waals surface area (Å²) in [6, 6.07) is -0.820. The second kappa shape index (κ2) is 43.3. The van der Waals surface area contributed by atoms with Gasteiger partial charge in [-0.15, -0.1) is 0 Å². The lowest BCUT2D eigenvalue weighted by molar-refractivity contribution is -0.302. The molecule has 7 atom stereocenters. The summed E-state index contributed by atoms with van der Waals surface area (Å²) in [4.78, 5) is 13.0. The zero-order valence-corrected chi connectivity index (χ0v) is 40.1. The molecule has 0 radical (unpaired) electrons. The number of aliphatic hydroxyl groups excluding tert-OH is 5. The lowest BCUT2D eigenvalue weighted by Gasteiger charge is -2.40. The van der Waals surface area contributed by atoms with Gasteiger partial charge in [-0.25, -0.2) is 0 Å². The zero-order valence-electron chi connectivity index (χ0n) is 40.1. The van der Waals surface area contributed by atoms with Crippen LogP contribution in [0.2, 0.25) is 0 Å². The number of carbonyl (C=O) groups is 1. The standard InChI is InChI=1S/C53H99NO8/c1-3-5-7-9-11-13-15-17-19-21-22-23-24-25-26-27-29-31-33-35-37-39-41-43-49(57)54-46(45-61-53-52(60)51(59)50(58)48(44-55)62-53)47(56)42-40-38-36-34-32-30-28-20-18-16-14-12-10-8-6-4-2/h21-22,32,34,40,42,46-48,50-53,55-56,58-60H,3-20,23-31,33,35-39,41,43-45H2,1-2H3,(H,54,57)/b22-21-,34-32+,42-40+. The van der Waals surface area contributed by atoms with Crippen molar-refractivity contribution in [2.75, 3.05) is 13.2 Å². The van der Waals surface area contributed by atoms with E-state index in [1.165, 1.54) is 180 Å². The average molecular weight is 878 g/mol. The molecule has 0 saturated carbocycles. The van der Waals surface area contributed by atoms with E-state index in [9.17, 15) is 30.3 Å². The average Bonchev–Trinajstić information content (AvgIpc) is 3.27. The SMILES string of the molecule is CCCCCCCCCC/C=C\CCCCCCCCCCCCCC(=O)NC(COC1OC(CO)C(O)C(O)C1O)C(O)/C=C/CC/C=C/CCCCCCCCCCCC. The quantitative estimate of drug-likeness (QED) is 0.0262. The summed E-state index contributed by atoms with van der Waals surface area (Å²) in [7, 11) is 0. The summed E-state index contributed by atoms with van der Waals surface area (Å²) < 4.78 is 11.2. The van der Waals surface area contributed by atoms with Gasteiger partial charge < -0.3 is 40.3 Å². The van der Waals surface area contributed by atoms with E-state index >= 15 is 0 Å². The summed E-state index contributed by atoms with van der Waals surface area (Å²) in [6.07, 6.45) is 47.7.